The zero-order valence-corrected chi connectivity index (χ0v) is 12.4. The second kappa shape index (κ2) is 6.32. The van der Waals surface area contributed by atoms with Gasteiger partial charge in [0.25, 0.3) is 0 Å². The number of rotatable bonds is 5. The molecule has 20 heavy (non-hydrogen) atoms. The molecule has 0 N–H and O–H groups in total. The van der Waals surface area contributed by atoms with Gasteiger partial charge in [-0.25, -0.2) is 4.98 Å². The number of nitro groups is 1. The minimum absolute atomic E-state index is 0.0381. The second-order valence-electron chi connectivity index (χ2n) is 4.98. The summed E-state index contributed by atoms with van der Waals surface area (Å²) in [6.45, 7) is 5.31. The van der Waals surface area contributed by atoms with E-state index in [0.29, 0.717) is 6.54 Å². The highest BCUT2D eigenvalue weighted by molar-refractivity contribution is 6.28. The fraction of sp³-hybridized carbons (Fsp3) is 0.667. The molecule has 1 aromatic heterocycles. The van der Waals surface area contributed by atoms with Gasteiger partial charge >= 0.3 is 5.69 Å². The van der Waals surface area contributed by atoms with Crippen molar-refractivity contribution >= 4 is 23.1 Å². The lowest BCUT2D eigenvalue weighted by Gasteiger charge is -2.22. The molecule has 0 radical (unpaired) electrons. The molecule has 2 heterocycles. The molecule has 1 aliphatic heterocycles. The maximum atomic E-state index is 11.2. The Kier molecular flexibility index (Phi) is 4.72. The van der Waals surface area contributed by atoms with Gasteiger partial charge in [0.1, 0.15) is 5.69 Å². The third-order valence-electron chi connectivity index (χ3n) is 3.51. The minimum Gasteiger partial charge on any atom is -0.353 e. The van der Waals surface area contributed by atoms with Crippen molar-refractivity contribution in [3.63, 3.8) is 0 Å². The third kappa shape index (κ3) is 3.34. The van der Waals surface area contributed by atoms with E-state index < -0.39 is 4.92 Å². The van der Waals surface area contributed by atoms with Gasteiger partial charge in [0.05, 0.1) is 4.92 Å². The molecule has 1 saturated heterocycles. The molecule has 1 fully saturated rings. The number of likely N-dealkylation sites (tertiary alicyclic amines) is 1. The maximum Gasteiger partial charge on any atom is 0.332 e. The molecule has 110 valence electrons. The van der Waals surface area contributed by atoms with Crippen LogP contribution >= 0.6 is 11.6 Å². The van der Waals surface area contributed by atoms with Crippen LogP contribution in [0.3, 0.4) is 0 Å². The summed E-state index contributed by atoms with van der Waals surface area (Å²) in [5, 5.41) is 11.2. The number of anilines is 1. The number of nitrogens with zero attached hydrogens (tertiary/aromatic N) is 5. The van der Waals surface area contributed by atoms with Crippen LogP contribution in [0.25, 0.3) is 0 Å². The number of hydrogen-bond donors (Lipinski definition) is 0. The van der Waals surface area contributed by atoms with Crippen molar-refractivity contribution in [3.05, 3.63) is 21.1 Å². The van der Waals surface area contributed by atoms with Gasteiger partial charge in [-0.3, -0.25) is 10.1 Å². The summed E-state index contributed by atoms with van der Waals surface area (Å²) in [5.41, 5.74) is 0.219. The average molecular weight is 300 g/mol. The molecule has 0 aliphatic carbocycles. The number of hydrogen-bond acceptors (Lipinski definition) is 6. The Labute approximate surface area is 122 Å². The van der Waals surface area contributed by atoms with E-state index >= 15 is 0 Å². The van der Waals surface area contributed by atoms with Crippen LogP contribution in [0.4, 0.5) is 11.5 Å². The molecule has 0 bridgehead atoms. The Bertz CT molecular complexity index is 505. The summed E-state index contributed by atoms with van der Waals surface area (Å²) in [6.07, 6.45) is 2.45. The molecule has 0 amide bonds. The monoisotopic (exact) mass is 299 g/mol. The summed E-state index contributed by atoms with van der Waals surface area (Å²) < 4.78 is 0. The number of likely N-dealkylation sites (N-methyl/N-ethyl adjacent to an activating group) is 1. The quantitative estimate of drug-likeness (QED) is 0.469. The van der Waals surface area contributed by atoms with Gasteiger partial charge in [0.15, 0.2) is 0 Å². The Hall–Kier alpha value is -1.47. The van der Waals surface area contributed by atoms with Crippen LogP contribution < -0.4 is 4.90 Å². The number of aryl methyl sites for hydroxylation is 1. The molecular weight excluding hydrogens is 282 g/mol. The fourth-order valence-corrected chi connectivity index (χ4v) is 2.61. The Morgan fingerprint density at radius 1 is 1.40 bits per heavy atom. The average Bonchev–Trinajstić information content (AvgIpc) is 2.87. The minimum atomic E-state index is -0.451. The van der Waals surface area contributed by atoms with E-state index in [1.54, 1.807) is 18.9 Å². The van der Waals surface area contributed by atoms with Crippen LogP contribution in [0.5, 0.6) is 0 Å². The van der Waals surface area contributed by atoms with E-state index in [2.05, 4.69) is 14.9 Å². The zero-order valence-electron chi connectivity index (χ0n) is 11.7. The van der Waals surface area contributed by atoms with Gasteiger partial charge in [-0.05, 0) is 44.5 Å². The van der Waals surface area contributed by atoms with E-state index in [1.165, 1.54) is 12.8 Å². The third-order valence-corrected chi connectivity index (χ3v) is 3.68. The SMILES string of the molecule is Cc1nc(Cl)nc(N(C)CCN2CCCC2)c1[N+](=O)[O-]. The van der Waals surface area contributed by atoms with Crippen molar-refractivity contribution in [2.45, 2.75) is 19.8 Å². The van der Waals surface area contributed by atoms with E-state index in [1.807, 2.05) is 0 Å². The largest absolute Gasteiger partial charge is 0.353 e. The first kappa shape index (κ1) is 14.9. The molecule has 0 aromatic carbocycles. The van der Waals surface area contributed by atoms with Crippen LogP contribution in [0.2, 0.25) is 5.28 Å². The van der Waals surface area contributed by atoms with Crippen LogP contribution in [-0.4, -0.2) is 53.0 Å². The standard InChI is InChI=1S/C12H18ClN5O2/c1-9-10(18(19)20)11(15-12(13)14-9)16(2)7-8-17-5-3-4-6-17/h3-8H2,1-2H3. The smallest absolute Gasteiger partial charge is 0.332 e. The molecule has 1 aliphatic rings. The van der Waals surface area contributed by atoms with Crippen molar-refractivity contribution in [3.8, 4) is 0 Å². The highest BCUT2D eigenvalue weighted by atomic mass is 35.5. The number of aromatic nitrogens is 2. The van der Waals surface area contributed by atoms with Gasteiger partial charge in [-0.1, -0.05) is 0 Å². The predicted octanol–water partition coefficient (Wildman–Crippen LogP) is 1.88. The maximum absolute atomic E-state index is 11.2. The Morgan fingerprint density at radius 3 is 2.65 bits per heavy atom. The van der Waals surface area contributed by atoms with Crippen LogP contribution in [0, 0.1) is 17.0 Å². The van der Waals surface area contributed by atoms with Crippen molar-refractivity contribution in [2.75, 3.05) is 38.1 Å². The Balaban J connectivity index is 2.15. The predicted molar refractivity (Wildman–Crippen MR) is 77.4 cm³/mol. The van der Waals surface area contributed by atoms with Gasteiger partial charge < -0.3 is 9.80 Å². The molecule has 2 rings (SSSR count). The van der Waals surface area contributed by atoms with Gasteiger partial charge in [-0.2, -0.15) is 4.98 Å². The highest BCUT2D eigenvalue weighted by Gasteiger charge is 2.24. The molecule has 8 heteroatoms. The first-order chi connectivity index (χ1) is 9.49. The molecule has 1 aromatic rings. The van der Waals surface area contributed by atoms with Crippen LogP contribution in [-0.2, 0) is 0 Å². The topological polar surface area (TPSA) is 75.4 Å². The van der Waals surface area contributed by atoms with Gasteiger partial charge in [-0.15, -0.1) is 0 Å². The van der Waals surface area contributed by atoms with Crippen molar-refractivity contribution < 1.29 is 4.92 Å². The molecular formula is C12H18ClN5O2. The van der Waals surface area contributed by atoms with E-state index in [9.17, 15) is 10.1 Å². The van der Waals surface area contributed by atoms with Crippen molar-refractivity contribution in [2.24, 2.45) is 0 Å². The first-order valence-electron chi connectivity index (χ1n) is 6.61. The highest BCUT2D eigenvalue weighted by Crippen LogP contribution is 2.28. The summed E-state index contributed by atoms with van der Waals surface area (Å²) in [6, 6.07) is 0. The van der Waals surface area contributed by atoms with Crippen LogP contribution in [0.1, 0.15) is 18.5 Å². The molecule has 7 nitrogen and oxygen atoms in total. The van der Waals surface area contributed by atoms with E-state index in [4.69, 9.17) is 11.6 Å². The second-order valence-corrected chi connectivity index (χ2v) is 5.32. The molecule has 0 unspecified atom stereocenters. The summed E-state index contributed by atoms with van der Waals surface area (Å²) in [5.74, 6) is 0.284. The Morgan fingerprint density at radius 2 is 2.05 bits per heavy atom. The fourth-order valence-electron chi connectivity index (χ4n) is 2.40. The first-order valence-corrected chi connectivity index (χ1v) is 6.99. The van der Waals surface area contributed by atoms with Gasteiger partial charge in [0, 0.05) is 20.1 Å². The van der Waals surface area contributed by atoms with E-state index in [0.717, 1.165) is 19.6 Å². The van der Waals surface area contributed by atoms with E-state index in [-0.39, 0.29) is 22.5 Å². The summed E-state index contributed by atoms with van der Waals surface area (Å²) in [7, 11) is 1.79. The summed E-state index contributed by atoms with van der Waals surface area (Å²) >= 11 is 5.82. The lowest BCUT2D eigenvalue weighted by molar-refractivity contribution is -0.385. The zero-order chi connectivity index (χ0) is 14.7. The molecule has 0 spiro atoms. The molecule has 0 atom stereocenters. The normalized spacial score (nSPS) is 15.6. The lowest BCUT2D eigenvalue weighted by atomic mass is 10.3. The summed E-state index contributed by atoms with van der Waals surface area (Å²) in [4.78, 5) is 22.7. The van der Waals surface area contributed by atoms with Gasteiger partial charge in [0.2, 0.25) is 11.1 Å². The van der Waals surface area contributed by atoms with Crippen molar-refractivity contribution in [1.29, 1.82) is 0 Å². The number of halogens is 1. The molecule has 0 saturated carbocycles. The van der Waals surface area contributed by atoms with Crippen LogP contribution in [0.15, 0.2) is 0 Å². The lowest BCUT2D eigenvalue weighted by Crippen LogP contribution is -2.32. The van der Waals surface area contributed by atoms with Crippen molar-refractivity contribution in [1.82, 2.24) is 14.9 Å².